The average molecular weight is 351 g/mol. The van der Waals surface area contributed by atoms with Crippen LogP contribution in [-0.2, 0) is 9.84 Å². The van der Waals surface area contributed by atoms with Gasteiger partial charge in [-0.1, -0.05) is 35.5 Å². The molecule has 0 aliphatic heterocycles. The van der Waals surface area contributed by atoms with Gasteiger partial charge in [0.2, 0.25) is 25.8 Å². The maximum absolute atomic E-state index is 12.8. The highest BCUT2D eigenvalue weighted by atomic mass is 32.2. The molecule has 2 heterocycles. The predicted octanol–water partition coefficient (Wildman–Crippen LogP) is 4.27. The molecule has 3 rings (SSSR count). The Hall–Kier alpha value is -1.57. The maximum atomic E-state index is 12.8. The summed E-state index contributed by atoms with van der Waals surface area (Å²) in [5.74, 6) is 0.338. The molecule has 3 aromatic rings. The zero-order chi connectivity index (χ0) is 15.7. The molecule has 0 fully saturated rings. The molecule has 7 heteroatoms. The summed E-state index contributed by atoms with van der Waals surface area (Å²) >= 11 is 2.69. The summed E-state index contributed by atoms with van der Waals surface area (Å²) in [6.07, 6.45) is 1.77. The van der Waals surface area contributed by atoms with Crippen LogP contribution in [0.25, 0.3) is 10.8 Å². The molecular weight excluding hydrogens is 338 g/mol. The molecule has 0 atom stereocenters. The second-order valence-corrected chi connectivity index (χ2v) is 8.20. The summed E-state index contributed by atoms with van der Waals surface area (Å²) in [5, 5.41) is 2.18. The van der Waals surface area contributed by atoms with E-state index in [0.717, 1.165) is 10.4 Å². The normalized spacial score (nSPS) is 11.7. The van der Waals surface area contributed by atoms with Crippen molar-refractivity contribution in [2.45, 2.75) is 21.9 Å². The number of thioether (sulfide) groups is 1. The van der Waals surface area contributed by atoms with Crippen LogP contribution in [0, 0.1) is 6.92 Å². The van der Waals surface area contributed by atoms with Gasteiger partial charge in [-0.3, -0.25) is 0 Å². The highest BCUT2D eigenvalue weighted by molar-refractivity contribution is 7.99. The third-order valence-corrected chi connectivity index (χ3v) is 6.38. The maximum Gasteiger partial charge on any atom is 0.238 e. The number of sulfone groups is 1. The van der Waals surface area contributed by atoms with Crippen LogP contribution in [0.1, 0.15) is 5.56 Å². The van der Waals surface area contributed by atoms with Gasteiger partial charge >= 0.3 is 0 Å². The van der Waals surface area contributed by atoms with E-state index in [1.54, 1.807) is 30.5 Å². The van der Waals surface area contributed by atoms with Crippen molar-refractivity contribution in [2.75, 3.05) is 6.26 Å². The lowest BCUT2D eigenvalue weighted by molar-refractivity contribution is 0.472. The predicted molar refractivity (Wildman–Crippen MR) is 88.2 cm³/mol. The Morgan fingerprint density at radius 3 is 2.50 bits per heavy atom. The van der Waals surface area contributed by atoms with Crippen LogP contribution in [0.3, 0.4) is 0 Å². The highest BCUT2D eigenvalue weighted by Crippen LogP contribution is 2.35. The molecule has 2 aromatic heterocycles. The Morgan fingerprint density at radius 2 is 1.91 bits per heavy atom. The molecule has 0 radical (unpaired) electrons. The first-order valence-electron chi connectivity index (χ1n) is 6.43. The minimum atomic E-state index is -3.69. The van der Waals surface area contributed by atoms with Crippen LogP contribution in [0.4, 0.5) is 0 Å². The average Bonchev–Trinajstić information content (AvgIpc) is 3.16. The van der Waals surface area contributed by atoms with Gasteiger partial charge in [0, 0.05) is 0 Å². The fraction of sp³-hybridized carbons (Fsp3) is 0.133. The van der Waals surface area contributed by atoms with Crippen LogP contribution in [0.2, 0.25) is 0 Å². The smallest absolute Gasteiger partial charge is 0.238 e. The molecule has 0 saturated heterocycles. The summed E-state index contributed by atoms with van der Waals surface area (Å²) in [6.45, 7) is 1.91. The Morgan fingerprint density at radius 1 is 1.18 bits per heavy atom. The number of oxazole rings is 1. The van der Waals surface area contributed by atoms with E-state index in [-0.39, 0.29) is 9.92 Å². The minimum absolute atomic E-state index is 0.0211. The molecular formula is C15H13NO3S3. The van der Waals surface area contributed by atoms with Crippen LogP contribution < -0.4 is 0 Å². The summed E-state index contributed by atoms with van der Waals surface area (Å²) < 4.78 is 31.2. The first-order valence-corrected chi connectivity index (χ1v) is 10.0. The van der Waals surface area contributed by atoms with Crippen molar-refractivity contribution in [3.05, 3.63) is 47.3 Å². The number of aryl methyl sites for hydroxylation is 1. The van der Waals surface area contributed by atoms with Gasteiger partial charge in [-0.2, -0.15) is 4.98 Å². The van der Waals surface area contributed by atoms with Crippen molar-refractivity contribution in [2.24, 2.45) is 0 Å². The summed E-state index contributed by atoms with van der Waals surface area (Å²) in [6, 6.07) is 10.4. The molecule has 0 spiro atoms. The second-order valence-electron chi connectivity index (χ2n) is 4.61. The fourth-order valence-corrected chi connectivity index (χ4v) is 4.72. The highest BCUT2D eigenvalue weighted by Gasteiger charge is 2.28. The van der Waals surface area contributed by atoms with Crippen LogP contribution in [-0.4, -0.2) is 19.7 Å². The van der Waals surface area contributed by atoms with Crippen molar-refractivity contribution in [3.63, 3.8) is 0 Å². The van der Waals surface area contributed by atoms with Gasteiger partial charge in [-0.15, -0.1) is 11.3 Å². The largest absolute Gasteiger partial charge is 0.428 e. The lowest BCUT2D eigenvalue weighted by atomic mass is 10.2. The molecule has 0 bridgehead atoms. The van der Waals surface area contributed by atoms with E-state index in [4.69, 9.17) is 4.42 Å². The third kappa shape index (κ3) is 2.71. The number of benzene rings is 1. The van der Waals surface area contributed by atoms with E-state index in [0.29, 0.717) is 11.0 Å². The van der Waals surface area contributed by atoms with Gasteiger partial charge in [0.25, 0.3) is 0 Å². The molecule has 0 amide bonds. The Bertz CT molecular complexity index is 879. The molecule has 0 saturated carbocycles. The lowest BCUT2D eigenvalue weighted by Crippen LogP contribution is -2.03. The van der Waals surface area contributed by atoms with Crippen LogP contribution >= 0.6 is 23.1 Å². The van der Waals surface area contributed by atoms with E-state index in [9.17, 15) is 8.42 Å². The molecule has 22 heavy (non-hydrogen) atoms. The van der Waals surface area contributed by atoms with Gasteiger partial charge < -0.3 is 4.42 Å². The SMILES string of the molecule is CSc1oc(-c2cccs2)nc1S(=O)(=O)c1ccc(C)cc1. The van der Waals surface area contributed by atoms with Crippen molar-refractivity contribution in [1.82, 2.24) is 4.98 Å². The molecule has 0 aliphatic rings. The molecule has 114 valence electrons. The second kappa shape index (κ2) is 5.91. The number of nitrogens with zero attached hydrogens (tertiary/aromatic N) is 1. The number of aromatic nitrogens is 1. The third-order valence-electron chi connectivity index (χ3n) is 3.07. The van der Waals surface area contributed by atoms with Crippen molar-refractivity contribution >= 4 is 32.9 Å². The van der Waals surface area contributed by atoms with Gasteiger partial charge in [0.05, 0.1) is 9.77 Å². The van der Waals surface area contributed by atoms with E-state index < -0.39 is 9.84 Å². The van der Waals surface area contributed by atoms with Gasteiger partial charge in [0.15, 0.2) is 0 Å². The minimum Gasteiger partial charge on any atom is -0.428 e. The van der Waals surface area contributed by atoms with Crippen molar-refractivity contribution in [1.29, 1.82) is 0 Å². The van der Waals surface area contributed by atoms with Crippen LogP contribution in [0.15, 0.2) is 61.2 Å². The van der Waals surface area contributed by atoms with E-state index in [2.05, 4.69) is 4.98 Å². The standard InChI is InChI=1S/C15H13NO3S3/c1-10-5-7-11(8-6-10)22(17,18)14-15(20-2)19-13(16-14)12-4-3-9-21-12/h3-9H,1-2H3. The molecule has 0 unspecified atom stereocenters. The topological polar surface area (TPSA) is 60.2 Å². The zero-order valence-electron chi connectivity index (χ0n) is 11.9. The summed E-state index contributed by atoms with van der Waals surface area (Å²) in [5.41, 5.74) is 1.00. The monoisotopic (exact) mass is 351 g/mol. The van der Waals surface area contributed by atoms with E-state index in [1.165, 1.54) is 23.1 Å². The summed E-state index contributed by atoms with van der Waals surface area (Å²) in [7, 11) is -3.69. The molecule has 1 aromatic carbocycles. The molecule has 4 nitrogen and oxygen atoms in total. The van der Waals surface area contributed by atoms with E-state index >= 15 is 0 Å². The molecule has 0 N–H and O–H groups in total. The van der Waals surface area contributed by atoms with Gasteiger partial charge in [-0.25, -0.2) is 8.42 Å². The number of hydrogen-bond acceptors (Lipinski definition) is 6. The number of thiophene rings is 1. The lowest BCUT2D eigenvalue weighted by Gasteiger charge is -2.02. The Balaban J connectivity index is 2.12. The Labute approximate surface area is 137 Å². The van der Waals surface area contributed by atoms with Crippen molar-refractivity contribution in [3.8, 4) is 10.8 Å². The zero-order valence-corrected chi connectivity index (χ0v) is 14.4. The summed E-state index contributed by atoms with van der Waals surface area (Å²) in [4.78, 5) is 5.26. The fourth-order valence-electron chi connectivity index (χ4n) is 1.93. The van der Waals surface area contributed by atoms with E-state index in [1.807, 2.05) is 24.4 Å². The van der Waals surface area contributed by atoms with Gasteiger partial charge in [-0.05, 0) is 36.8 Å². The Kier molecular flexibility index (Phi) is 4.12. The van der Waals surface area contributed by atoms with Crippen LogP contribution in [0.5, 0.6) is 0 Å². The number of rotatable bonds is 4. The molecule has 0 aliphatic carbocycles. The quantitative estimate of drug-likeness (QED) is 0.657. The first kappa shape index (κ1) is 15.3. The van der Waals surface area contributed by atoms with Gasteiger partial charge in [0.1, 0.15) is 0 Å². The number of hydrogen-bond donors (Lipinski definition) is 0. The first-order chi connectivity index (χ1) is 10.5. The van der Waals surface area contributed by atoms with Crippen molar-refractivity contribution < 1.29 is 12.8 Å².